The van der Waals surface area contributed by atoms with Gasteiger partial charge in [-0.15, -0.1) is 0 Å². The second-order valence-electron chi connectivity index (χ2n) is 5.06. The molecule has 0 radical (unpaired) electrons. The van der Waals surface area contributed by atoms with Crippen LogP contribution in [0.5, 0.6) is 0 Å². The molecule has 0 amide bonds. The average molecular weight is 329 g/mol. The van der Waals surface area contributed by atoms with Gasteiger partial charge >= 0.3 is 0 Å². The lowest BCUT2D eigenvalue weighted by Crippen LogP contribution is -1.99. The molecule has 22 heavy (non-hydrogen) atoms. The fraction of sp³-hybridized carbons (Fsp3) is 0. The van der Waals surface area contributed by atoms with Crippen LogP contribution in [0.3, 0.4) is 0 Å². The maximum absolute atomic E-state index is 12.9. The molecular weight excluding hydrogens is 319 g/mol. The number of ketones is 1. The van der Waals surface area contributed by atoms with Gasteiger partial charge in [-0.25, -0.2) is 0 Å². The minimum absolute atomic E-state index is 0.0676. The van der Waals surface area contributed by atoms with Crippen LogP contribution in [-0.2, 0) is 0 Å². The summed E-state index contributed by atoms with van der Waals surface area (Å²) in [6.07, 6.45) is 3.39. The van der Waals surface area contributed by atoms with Gasteiger partial charge in [0.15, 0.2) is 5.78 Å². The Balaban J connectivity index is 1.93. The fourth-order valence-corrected chi connectivity index (χ4v) is 3.21. The molecule has 108 valence electrons. The summed E-state index contributed by atoms with van der Waals surface area (Å²) in [5, 5.41) is 2.82. The third-order valence-electron chi connectivity index (χ3n) is 3.82. The van der Waals surface area contributed by atoms with Crippen molar-refractivity contribution < 1.29 is 4.79 Å². The molecule has 0 unspecified atom stereocenters. The van der Waals surface area contributed by atoms with E-state index in [0.29, 0.717) is 21.2 Å². The molecule has 0 fully saturated rings. The first-order valence-electron chi connectivity index (χ1n) is 6.72. The van der Waals surface area contributed by atoms with Gasteiger partial charge in [0.1, 0.15) is 0 Å². The van der Waals surface area contributed by atoms with Crippen LogP contribution in [0.1, 0.15) is 15.9 Å². The van der Waals surface area contributed by atoms with E-state index < -0.39 is 0 Å². The number of fused-ring (bicyclic) bond motifs is 2. The molecule has 0 aliphatic heterocycles. The van der Waals surface area contributed by atoms with E-state index in [2.05, 4.69) is 9.97 Å². The number of aromatic nitrogens is 2. The van der Waals surface area contributed by atoms with Gasteiger partial charge in [-0.05, 0) is 12.1 Å². The van der Waals surface area contributed by atoms with E-state index in [1.807, 2.05) is 24.3 Å². The molecule has 2 N–H and O–H groups in total. The Morgan fingerprint density at radius 2 is 1.23 bits per heavy atom. The van der Waals surface area contributed by atoms with Crippen molar-refractivity contribution in [3.8, 4) is 0 Å². The quantitative estimate of drug-likeness (QED) is 0.489. The number of carbonyl (C=O) groups excluding carboxylic acids is 1. The zero-order chi connectivity index (χ0) is 15.3. The fourth-order valence-electron chi connectivity index (χ4n) is 2.76. The molecule has 0 spiro atoms. The molecule has 3 nitrogen and oxygen atoms in total. The second-order valence-corrected chi connectivity index (χ2v) is 5.87. The second kappa shape index (κ2) is 4.90. The van der Waals surface area contributed by atoms with Crippen LogP contribution in [0.15, 0.2) is 48.8 Å². The first kappa shape index (κ1) is 13.4. The Morgan fingerprint density at radius 1 is 0.773 bits per heavy atom. The van der Waals surface area contributed by atoms with Gasteiger partial charge in [-0.1, -0.05) is 47.5 Å². The highest BCUT2D eigenvalue weighted by Crippen LogP contribution is 2.30. The number of H-pyrrole nitrogens is 2. The summed E-state index contributed by atoms with van der Waals surface area (Å²) in [4.78, 5) is 19.0. The molecule has 4 rings (SSSR count). The first-order valence-corrected chi connectivity index (χ1v) is 7.48. The largest absolute Gasteiger partial charge is 0.359 e. The van der Waals surface area contributed by atoms with E-state index in [-0.39, 0.29) is 5.78 Å². The molecule has 0 atom stereocenters. The Labute approximate surface area is 135 Å². The summed E-state index contributed by atoms with van der Waals surface area (Å²) in [5.74, 6) is -0.0676. The summed E-state index contributed by atoms with van der Waals surface area (Å²) >= 11 is 12.3. The van der Waals surface area contributed by atoms with Crippen LogP contribution in [0.2, 0.25) is 10.0 Å². The van der Waals surface area contributed by atoms with Crippen molar-refractivity contribution >= 4 is 50.8 Å². The van der Waals surface area contributed by atoms with Gasteiger partial charge < -0.3 is 9.97 Å². The van der Waals surface area contributed by atoms with Crippen molar-refractivity contribution in [2.45, 2.75) is 0 Å². The zero-order valence-corrected chi connectivity index (χ0v) is 12.8. The molecule has 0 aliphatic carbocycles. The Bertz CT molecular complexity index is 948. The van der Waals surface area contributed by atoms with Crippen LogP contribution >= 0.6 is 23.2 Å². The van der Waals surface area contributed by atoms with Crippen molar-refractivity contribution in [3.63, 3.8) is 0 Å². The highest BCUT2D eigenvalue weighted by Gasteiger charge is 2.19. The predicted octanol–water partition coefficient (Wildman–Crippen LogP) is 5.19. The smallest absolute Gasteiger partial charge is 0.197 e. The number of para-hydroxylation sites is 2. The van der Waals surface area contributed by atoms with E-state index in [0.717, 1.165) is 21.8 Å². The van der Waals surface area contributed by atoms with Gasteiger partial charge in [0, 0.05) is 34.3 Å². The SMILES string of the molecule is O=C(c1c[nH]c2c(Cl)cccc12)c1c[nH]c2c(Cl)cccc12. The number of hydrogen-bond donors (Lipinski definition) is 2. The number of nitrogens with one attached hydrogen (secondary N) is 2. The average Bonchev–Trinajstić information content (AvgIpc) is 3.12. The van der Waals surface area contributed by atoms with Crippen LogP contribution in [0, 0.1) is 0 Å². The lowest BCUT2D eigenvalue weighted by Gasteiger charge is -1.99. The molecule has 0 saturated heterocycles. The molecule has 2 aromatic heterocycles. The molecule has 2 aromatic carbocycles. The van der Waals surface area contributed by atoms with E-state index in [1.165, 1.54) is 0 Å². The van der Waals surface area contributed by atoms with Gasteiger partial charge in [0.05, 0.1) is 21.1 Å². The van der Waals surface area contributed by atoms with Crippen LogP contribution in [-0.4, -0.2) is 15.8 Å². The summed E-state index contributed by atoms with van der Waals surface area (Å²) in [6.45, 7) is 0. The zero-order valence-electron chi connectivity index (χ0n) is 11.3. The Morgan fingerprint density at radius 3 is 1.68 bits per heavy atom. The molecule has 0 bridgehead atoms. The predicted molar refractivity (Wildman–Crippen MR) is 90.0 cm³/mol. The van der Waals surface area contributed by atoms with Crippen molar-refractivity contribution in [2.75, 3.05) is 0 Å². The summed E-state index contributed by atoms with van der Waals surface area (Å²) in [6, 6.07) is 11.0. The molecule has 0 aliphatic rings. The summed E-state index contributed by atoms with van der Waals surface area (Å²) in [5.41, 5.74) is 2.73. The minimum atomic E-state index is -0.0676. The van der Waals surface area contributed by atoms with Gasteiger partial charge in [-0.2, -0.15) is 0 Å². The van der Waals surface area contributed by atoms with Crippen LogP contribution < -0.4 is 0 Å². The Hall–Kier alpha value is -2.23. The van der Waals surface area contributed by atoms with Crippen molar-refractivity contribution in [3.05, 3.63) is 70.0 Å². The lowest BCUT2D eigenvalue weighted by molar-refractivity contribution is 0.104. The molecule has 2 heterocycles. The van der Waals surface area contributed by atoms with Crippen LogP contribution in [0.4, 0.5) is 0 Å². The maximum atomic E-state index is 12.9. The number of benzene rings is 2. The number of halogens is 2. The van der Waals surface area contributed by atoms with Crippen molar-refractivity contribution in [2.24, 2.45) is 0 Å². The van der Waals surface area contributed by atoms with Crippen molar-refractivity contribution in [1.29, 1.82) is 0 Å². The Kier molecular flexibility index (Phi) is 2.99. The van der Waals surface area contributed by atoms with E-state index in [4.69, 9.17) is 23.2 Å². The first-order chi connectivity index (χ1) is 10.7. The van der Waals surface area contributed by atoms with Gasteiger partial charge in [0.25, 0.3) is 0 Å². The standard InChI is InChI=1S/C17H10Cl2N2O/c18-13-5-1-3-9-11(7-20-15(9)13)17(22)12-8-21-16-10(12)4-2-6-14(16)19/h1-8,20-21H. The highest BCUT2D eigenvalue weighted by atomic mass is 35.5. The molecular formula is C17H10Cl2N2O. The summed E-state index contributed by atoms with van der Waals surface area (Å²) in [7, 11) is 0. The molecule has 4 aromatic rings. The molecule has 5 heteroatoms. The third-order valence-corrected chi connectivity index (χ3v) is 4.45. The van der Waals surface area contributed by atoms with E-state index >= 15 is 0 Å². The summed E-state index contributed by atoms with van der Waals surface area (Å²) < 4.78 is 0. The number of carbonyl (C=O) groups is 1. The normalized spacial score (nSPS) is 11.4. The van der Waals surface area contributed by atoms with E-state index in [1.54, 1.807) is 24.5 Å². The number of hydrogen-bond acceptors (Lipinski definition) is 1. The maximum Gasteiger partial charge on any atom is 0.197 e. The van der Waals surface area contributed by atoms with Crippen LogP contribution in [0.25, 0.3) is 21.8 Å². The minimum Gasteiger partial charge on any atom is -0.359 e. The topological polar surface area (TPSA) is 48.6 Å². The third kappa shape index (κ3) is 1.86. The lowest BCUT2D eigenvalue weighted by atomic mass is 10.0. The van der Waals surface area contributed by atoms with Gasteiger partial charge in [0.2, 0.25) is 0 Å². The highest BCUT2D eigenvalue weighted by molar-refractivity contribution is 6.37. The van der Waals surface area contributed by atoms with E-state index in [9.17, 15) is 4.79 Å². The number of rotatable bonds is 2. The monoisotopic (exact) mass is 328 g/mol. The molecule has 0 saturated carbocycles. The van der Waals surface area contributed by atoms with Crippen molar-refractivity contribution in [1.82, 2.24) is 9.97 Å². The van der Waals surface area contributed by atoms with Gasteiger partial charge in [-0.3, -0.25) is 4.79 Å². The number of aromatic amines is 2.